The first-order valence-corrected chi connectivity index (χ1v) is 9.47. The molecule has 3 N–H and O–H groups in total. The number of guanidine groups is 1. The molecule has 1 atom stereocenters. The van der Waals surface area contributed by atoms with Crippen LogP contribution in [0.3, 0.4) is 0 Å². The van der Waals surface area contributed by atoms with E-state index in [2.05, 4.69) is 51.4 Å². The molecule has 3 rings (SSSR count). The fourth-order valence-electron chi connectivity index (χ4n) is 3.38. The number of nitrogens with zero attached hydrogens (tertiary/aromatic N) is 3. The van der Waals surface area contributed by atoms with Crippen LogP contribution in [0.4, 0.5) is 0 Å². The van der Waals surface area contributed by atoms with Crippen molar-refractivity contribution in [2.24, 2.45) is 10.7 Å². The van der Waals surface area contributed by atoms with E-state index < -0.39 is 0 Å². The van der Waals surface area contributed by atoms with Crippen LogP contribution < -0.4 is 11.1 Å². The fourth-order valence-corrected chi connectivity index (χ4v) is 3.38. The Labute approximate surface area is 156 Å². The van der Waals surface area contributed by atoms with Crippen LogP contribution in [0.5, 0.6) is 0 Å². The van der Waals surface area contributed by atoms with E-state index in [4.69, 9.17) is 5.73 Å². The molecule has 1 fully saturated rings. The number of aryl methyl sites for hydroxylation is 1. The minimum absolute atomic E-state index is 0.300. The molecular weight excluding hydrogens is 322 g/mol. The van der Waals surface area contributed by atoms with E-state index in [1.165, 1.54) is 24.0 Å². The first kappa shape index (κ1) is 18.4. The van der Waals surface area contributed by atoms with Gasteiger partial charge in [0.25, 0.3) is 0 Å². The van der Waals surface area contributed by atoms with Crippen molar-refractivity contribution in [2.45, 2.75) is 32.2 Å². The number of pyridine rings is 1. The van der Waals surface area contributed by atoms with Gasteiger partial charge >= 0.3 is 0 Å². The number of rotatable bonds is 7. The predicted molar refractivity (Wildman–Crippen MR) is 107 cm³/mol. The summed E-state index contributed by atoms with van der Waals surface area (Å²) in [5, 5.41) is 3.21. The predicted octanol–water partition coefficient (Wildman–Crippen LogP) is 2.67. The standard InChI is InChI=1S/C21H29N5/c1-17-7-9-18(10-8-17)20(26-14-4-5-15-26)16-25-21(22)24-13-11-19-6-2-3-12-23-19/h2-3,6-10,12,20H,4-5,11,13-16H2,1H3,(H3,22,24,25). The van der Waals surface area contributed by atoms with Crippen molar-refractivity contribution in [3.63, 3.8) is 0 Å². The Morgan fingerprint density at radius 1 is 1.19 bits per heavy atom. The maximum Gasteiger partial charge on any atom is 0.188 e. The number of hydrogen-bond donors (Lipinski definition) is 2. The van der Waals surface area contributed by atoms with E-state index in [1.807, 2.05) is 24.4 Å². The highest BCUT2D eigenvalue weighted by molar-refractivity contribution is 5.77. The smallest absolute Gasteiger partial charge is 0.188 e. The van der Waals surface area contributed by atoms with Crippen LogP contribution in [0.2, 0.25) is 0 Å². The number of benzene rings is 1. The van der Waals surface area contributed by atoms with E-state index in [0.29, 0.717) is 18.5 Å². The third-order valence-corrected chi connectivity index (χ3v) is 4.89. The van der Waals surface area contributed by atoms with Crippen LogP contribution in [-0.4, -0.2) is 42.0 Å². The van der Waals surface area contributed by atoms with E-state index >= 15 is 0 Å². The molecule has 138 valence electrons. The maximum absolute atomic E-state index is 6.09. The van der Waals surface area contributed by atoms with E-state index in [0.717, 1.165) is 31.7 Å². The van der Waals surface area contributed by atoms with Crippen molar-refractivity contribution in [1.82, 2.24) is 15.2 Å². The SMILES string of the molecule is Cc1ccc(C(CN=C(N)NCCc2ccccn2)N2CCCC2)cc1. The number of likely N-dealkylation sites (tertiary alicyclic amines) is 1. The molecular formula is C21H29N5. The summed E-state index contributed by atoms with van der Waals surface area (Å²) >= 11 is 0. The zero-order valence-corrected chi connectivity index (χ0v) is 15.6. The van der Waals surface area contributed by atoms with Crippen LogP contribution in [0.25, 0.3) is 0 Å². The van der Waals surface area contributed by atoms with Gasteiger partial charge < -0.3 is 11.1 Å². The molecule has 1 saturated heterocycles. The quantitative estimate of drug-likeness (QED) is 0.594. The highest BCUT2D eigenvalue weighted by atomic mass is 15.2. The lowest BCUT2D eigenvalue weighted by Crippen LogP contribution is -2.35. The summed E-state index contributed by atoms with van der Waals surface area (Å²) < 4.78 is 0. The summed E-state index contributed by atoms with van der Waals surface area (Å²) in [5.74, 6) is 0.511. The van der Waals surface area contributed by atoms with Gasteiger partial charge in [-0.25, -0.2) is 0 Å². The van der Waals surface area contributed by atoms with Gasteiger partial charge in [-0.15, -0.1) is 0 Å². The third kappa shape index (κ3) is 5.30. The van der Waals surface area contributed by atoms with Gasteiger partial charge in [-0.3, -0.25) is 14.9 Å². The van der Waals surface area contributed by atoms with Crippen molar-refractivity contribution in [1.29, 1.82) is 0 Å². The third-order valence-electron chi connectivity index (χ3n) is 4.89. The summed E-state index contributed by atoms with van der Waals surface area (Å²) in [6, 6.07) is 15.0. The lowest BCUT2D eigenvalue weighted by molar-refractivity contribution is 0.251. The monoisotopic (exact) mass is 351 g/mol. The molecule has 0 amide bonds. The lowest BCUT2D eigenvalue weighted by atomic mass is 10.0. The number of aromatic nitrogens is 1. The fraction of sp³-hybridized carbons (Fsp3) is 0.429. The van der Waals surface area contributed by atoms with Gasteiger partial charge in [0.15, 0.2) is 5.96 Å². The van der Waals surface area contributed by atoms with Crippen LogP contribution in [0, 0.1) is 6.92 Å². The summed E-state index contributed by atoms with van der Waals surface area (Å²) in [7, 11) is 0. The highest BCUT2D eigenvalue weighted by Gasteiger charge is 2.23. The van der Waals surface area contributed by atoms with Crippen molar-refractivity contribution in [2.75, 3.05) is 26.2 Å². The Hall–Kier alpha value is -2.40. The Bertz CT molecular complexity index is 690. The molecule has 1 aliphatic rings. The minimum Gasteiger partial charge on any atom is -0.370 e. The van der Waals surface area contributed by atoms with Gasteiger partial charge in [-0.05, 0) is 50.6 Å². The largest absolute Gasteiger partial charge is 0.370 e. The molecule has 5 nitrogen and oxygen atoms in total. The van der Waals surface area contributed by atoms with Gasteiger partial charge in [0.05, 0.1) is 12.6 Å². The number of aliphatic imine (C=N–C) groups is 1. The molecule has 1 unspecified atom stereocenters. The Balaban J connectivity index is 1.57. The molecule has 0 saturated carbocycles. The molecule has 0 radical (unpaired) electrons. The Morgan fingerprint density at radius 2 is 1.96 bits per heavy atom. The van der Waals surface area contributed by atoms with Crippen LogP contribution in [0.1, 0.15) is 35.7 Å². The number of nitrogens with one attached hydrogen (secondary N) is 1. The average molecular weight is 351 g/mol. The molecule has 5 heteroatoms. The lowest BCUT2D eigenvalue weighted by Gasteiger charge is -2.26. The molecule has 1 aromatic heterocycles. The molecule has 2 heterocycles. The minimum atomic E-state index is 0.300. The van der Waals surface area contributed by atoms with E-state index in [1.54, 1.807) is 0 Å². The Kier molecular flexibility index (Phi) is 6.61. The number of nitrogens with two attached hydrogens (primary N) is 1. The first-order chi connectivity index (χ1) is 12.7. The molecule has 1 aliphatic heterocycles. The zero-order chi connectivity index (χ0) is 18.2. The summed E-state index contributed by atoms with van der Waals surface area (Å²) in [5.41, 5.74) is 9.75. The highest BCUT2D eigenvalue weighted by Crippen LogP contribution is 2.25. The molecule has 1 aromatic carbocycles. The average Bonchev–Trinajstić information content (AvgIpc) is 3.19. The van der Waals surface area contributed by atoms with Crippen LogP contribution in [-0.2, 0) is 6.42 Å². The van der Waals surface area contributed by atoms with E-state index in [-0.39, 0.29) is 0 Å². The van der Waals surface area contributed by atoms with E-state index in [9.17, 15) is 0 Å². The van der Waals surface area contributed by atoms with Gasteiger partial charge in [-0.2, -0.15) is 0 Å². The van der Waals surface area contributed by atoms with Crippen molar-refractivity contribution < 1.29 is 0 Å². The van der Waals surface area contributed by atoms with Crippen molar-refractivity contribution in [3.05, 3.63) is 65.5 Å². The summed E-state index contributed by atoms with van der Waals surface area (Å²) in [6.45, 7) is 5.83. The summed E-state index contributed by atoms with van der Waals surface area (Å²) in [4.78, 5) is 11.5. The van der Waals surface area contributed by atoms with Crippen molar-refractivity contribution in [3.8, 4) is 0 Å². The van der Waals surface area contributed by atoms with Gasteiger partial charge in [0.1, 0.15) is 0 Å². The van der Waals surface area contributed by atoms with Crippen LogP contribution >= 0.6 is 0 Å². The van der Waals surface area contributed by atoms with Crippen LogP contribution in [0.15, 0.2) is 53.7 Å². The molecule has 0 spiro atoms. The number of hydrogen-bond acceptors (Lipinski definition) is 3. The Morgan fingerprint density at radius 3 is 2.65 bits per heavy atom. The zero-order valence-electron chi connectivity index (χ0n) is 15.6. The second-order valence-corrected chi connectivity index (χ2v) is 6.89. The maximum atomic E-state index is 6.09. The van der Waals surface area contributed by atoms with Gasteiger partial charge in [0, 0.05) is 24.9 Å². The molecule has 2 aromatic rings. The summed E-state index contributed by atoms with van der Waals surface area (Å²) in [6.07, 6.45) is 5.19. The molecule has 0 bridgehead atoms. The van der Waals surface area contributed by atoms with Gasteiger partial charge in [-0.1, -0.05) is 35.9 Å². The van der Waals surface area contributed by atoms with Gasteiger partial charge in [0.2, 0.25) is 0 Å². The second-order valence-electron chi connectivity index (χ2n) is 6.89. The van der Waals surface area contributed by atoms with Crippen molar-refractivity contribution >= 4 is 5.96 Å². The molecule has 26 heavy (non-hydrogen) atoms. The normalized spacial score (nSPS) is 16.6. The first-order valence-electron chi connectivity index (χ1n) is 9.47. The molecule has 0 aliphatic carbocycles. The second kappa shape index (κ2) is 9.34. The topological polar surface area (TPSA) is 66.5 Å².